The number of Topliss-reactive ketones (excluding diaryl/α,β-unsaturated/α-hetero) is 1. The summed E-state index contributed by atoms with van der Waals surface area (Å²) in [4.78, 5) is 13.2. The quantitative estimate of drug-likeness (QED) is 0.747. The van der Waals surface area contributed by atoms with Gasteiger partial charge in [-0.2, -0.15) is 5.26 Å². The van der Waals surface area contributed by atoms with Gasteiger partial charge in [0.2, 0.25) is 0 Å². The number of hydrogen-bond donors (Lipinski definition) is 0. The molecule has 0 amide bonds. The third-order valence-corrected chi connectivity index (χ3v) is 2.66. The van der Waals surface area contributed by atoms with Gasteiger partial charge in [0.05, 0.1) is 33.3 Å². The van der Waals surface area contributed by atoms with Crippen LogP contribution in [0.4, 0.5) is 0 Å². The summed E-state index contributed by atoms with van der Waals surface area (Å²) < 4.78 is 10.4. The van der Waals surface area contributed by atoms with Crippen LogP contribution in [0.15, 0.2) is 18.2 Å². The normalized spacial score (nSPS) is 10.1. The van der Waals surface area contributed by atoms with Crippen LogP contribution in [0.2, 0.25) is 0 Å². The number of nitriles is 1. The molecule has 1 rings (SSSR count). The second-order valence-electron chi connectivity index (χ2n) is 4.22. The summed E-state index contributed by atoms with van der Waals surface area (Å²) in [5.74, 6) is 1.36. The van der Waals surface area contributed by atoms with Gasteiger partial charge in [0.25, 0.3) is 0 Å². The molecule has 0 saturated heterocycles. The molecule has 0 aromatic heterocycles. The van der Waals surface area contributed by atoms with Crippen molar-refractivity contribution in [1.29, 1.82) is 5.26 Å². The van der Waals surface area contributed by atoms with Crippen molar-refractivity contribution in [2.24, 2.45) is 0 Å². The lowest BCUT2D eigenvalue weighted by Gasteiger charge is -2.17. The molecule has 0 aliphatic heterocycles. The maximum atomic E-state index is 11.4. The molecule has 0 bridgehead atoms. The van der Waals surface area contributed by atoms with E-state index in [0.29, 0.717) is 6.54 Å². The molecule has 0 aliphatic carbocycles. The zero-order chi connectivity index (χ0) is 14.3. The summed E-state index contributed by atoms with van der Waals surface area (Å²) in [7, 11) is 5.03. The smallest absolute Gasteiger partial charge is 0.160 e. The number of methoxy groups -OCH3 is 2. The van der Waals surface area contributed by atoms with Gasteiger partial charge in [0.15, 0.2) is 5.78 Å². The lowest BCUT2D eigenvalue weighted by Crippen LogP contribution is -2.25. The molecule has 19 heavy (non-hydrogen) atoms. The highest BCUT2D eigenvalue weighted by molar-refractivity contribution is 5.82. The molecule has 0 unspecified atom stereocenters. The Labute approximate surface area is 113 Å². The van der Waals surface area contributed by atoms with Crippen LogP contribution >= 0.6 is 0 Å². The van der Waals surface area contributed by atoms with E-state index in [-0.39, 0.29) is 18.7 Å². The zero-order valence-corrected chi connectivity index (χ0v) is 11.5. The van der Waals surface area contributed by atoms with Crippen molar-refractivity contribution < 1.29 is 14.3 Å². The monoisotopic (exact) mass is 262 g/mol. The number of nitrogens with zero attached hydrogens (tertiary/aromatic N) is 2. The van der Waals surface area contributed by atoms with Crippen LogP contribution in [-0.4, -0.2) is 38.5 Å². The summed E-state index contributed by atoms with van der Waals surface area (Å²) in [6, 6.07) is 7.42. The molecule has 0 radical (unpaired) electrons. The van der Waals surface area contributed by atoms with Gasteiger partial charge in [0, 0.05) is 18.2 Å². The first-order valence-corrected chi connectivity index (χ1v) is 5.88. The topological polar surface area (TPSA) is 62.6 Å². The number of carbonyl (C=O) groups excluding carboxylic acids is 1. The van der Waals surface area contributed by atoms with Gasteiger partial charge in [-0.1, -0.05) is 6.07 Å². The van der Waals surface area contributed by atoms with E-state index in [1.165, 1.54) is 0 Å². The molecule has 0 aliphatic rings. The highest BCUT2D eigenvalue weighted by Crippen LogP contribution is 2.25. The van der Waals surface area contributed by atoms with E-state index in [1.807, 2.05) is 30.1 Å². The van der Waals surface area contributed by atoms with Crippen molar-refractivity contribution in [3.63, 3.8) is 0 Å². The van der Waals surface area contributed by atoms with Crippen molar-refractivity contribution in [3.05, 3.63) is 23.8 Å². The standard InChI is InChI=1S/C14H18N2O3/c1-16(10-12(17)6-7-15)9-11-4-5-13(18-2)8-14(11)19-3/h4-5,8H,6,9-10H2,1-3H3. The van der Waals surface area contributed by atoms with Gasteiger partial charge in [-0.15, -0.1) is 0 Å². The maximum absolute atomic E-state index is 11.4. The number of benzene rings is 1. The molecule has 0 atom stereocenters. The molecular formula is C14H18N2O3. The van der Waals surface area contributed by atoms with Crippen LogP contribution in [0.3, 0.4) is 0 Å². The third-order valence-electron chi connectivity index (χ3n) is 2.66. The van der Waals surface area contributed by atoms with E-state index >= 15 is 0 Å². The van der Waals surface area contributed by atoms with E-state index in [2.05, 4.69) is 0 Å². The zero-order valence-electron chi connectivity index (χ0n) is 11.5. The van der Waals surface area contributed by atoms with E-state index in [0.717, 1.165) is 17.1 Å². The first-order valence-electron chi connectivity index (χ1n) is 5.88. The molecule has 0 fully saturated rings. The van der Waals surface area contributed by atoms with Gasteiger partial charge in [-0.3, -0.25) is 9.69 Å². The van der Waals surface area contributed by atoms with Gasteiger partial charge >= 0.3 is 0 Å². The van der Waals surface area contributed by atoms with Gasteiger partial charge in [-0.05, 0) is 13.1 Å². The molecular weight excluding hydrogens is 244 g/mol. The van der Waals surface area contributed by atoms with Gasteiger partial charge in [0.1, 0.15) is 11.5 Å². The minimum atomic E-state index is -0.0857. The Bertz CT molecular complexity index is 480. The molecule has 5 heteroatoms. The van der Waals surface area contributed by atoms with E-state index in [4.69, 9.17) is 14.7 Å². The Morgan fingerprint density at radius 3 is 2.68 bits per heavy atom. The summed E-state index contributed by atoms with van der Waals surface area (Å²) in [5, 5.41) is 8.46. The summed E-state index contributed by atoms with van der Waals surface area (Å²) in [5.41, 5.74) is 0.968. The van der Waals surface area contributed by atoms with E-state index in [9.17, 15) is 4.79 Å². The number of carbonyl (C=O) groups is 1. The molecule has 1 aromatic rings. The minimum absolute atomic E-state index is 0.0515. The molecule has 0 spiro atoms. The van der Waals surface area contributed by atoms with Crippen molar-refractivity contribution in [2.75, 3.05) is 27.8 Å². The van der Waals surface area contributed by atoms with Crippen LogP contribution in [0.5, 0.6) is 11.5 Å². The molecule has 0 heterocycles. The SMILES string of the molecule is COc1ccc(CN(C)CC(=O)CC#N)c(OC)c1. The summed E-state index contributed by atoms with van der Waals surface area (Å²) in [6.07, 6.45) is -0.0515. The van der Waals surface area contributed by atoms with Crippen molar-refractivity contribution in [3.8, 4) is 17.6 Å². The van der Waals surface area contributed by atoms with Crippen molar-refractivity contribution >= 4 is 5.78 Å². The number of rotatable bonds is 7. The first-order chi connectivity index (χ1) is 9.10. The van der Waals surface area contributed by atoms with Crippen molar-refractivity contribution in [2.45, 2.75) is 13.0 Å². The lowest BCUT2D eigenvalue weighted by molar-refractivity contribution is -0.119. The van der Waals surface area contributed by atoms with Gasteiger partial charge < -0.3 is 9.47 Å². The average molecular weight is 262 g/mol. The van der Waals surface area contributed by atoms with E-state index < -0.39 is 0 Å². The van der Waals surface area contributed by atoms with Gasteiger partial charge in [-0.25, -0.2) is 0 Å². The maximum Gasteiger partial charge on any atom is 0.160 e. The fourth-order valence-corrected chi connectivity index (χ4v) is 1.77. The first kappa shape index (κ1) is 15.0. The second-order valence-corrected chi connectivity index (χ2v) is 4.22. The predicted molar refractivity (Wildman–Crippen MR) is 71.1 cm³/mol. The molecule has 102 valence electrons. The Hall–Kier alpha value is -2.06. The molecule has 0 N–H and O–H groups in total. The van der Waals surface area contributed by atoms with Crippen LogP contribution in [0, 0.1) is 11.3 Å². The second kappa shape index (κ2) is 7.39. The number of hydrogen-bond acceptors (Lipinski definition) is 5. The largest absolute Gasteiger partial charge is 0.497 e. The van der Waals surface area contributed by atoms with Crippen LogP contribution in [0.1, 0.15) is 12.0 Å². The number of ether oxygens (including phenoxy) is 2. The number of likely N-dealkylation sites (N-methyl/N-ethyl adjacent to an activating group) is 1. The Morgan fingerprint density at radius 2 is 2.11 bits per heavy atom. The van der Waals surface area contributed by atoms with Crippen LogP contribution in [0.25, 0.3) is 0 Å². The molecule has 5 nitrogen and oxygen atoms in total. The summed E-state index contributed by atoms with van der Waals surface area (Å²) in [6.45, 7) is 0.826. The lowest BCUT2D eigenvalue weighted by atomic mass is 10.1. The van der Waals surface area contributed by atoms with Crippen LogP contribution < -0.4 is 9.47 Å². The summed E-state index contributed by atoms with van der Waals surface area (Å²) >= 11 is 0. The molecule has 1 aromatic carbocycles. The predicted octanol–water partition coefficient (Wildman–Crippen LogP) is 1.62. The Morgan fingerprint density at radius 1 is 1.37 bits per heavy atom. The Balaban J connectivity index is 2.71. The van der Waals surface area contributed by atoms with Crippen molar-refractivity contribution in [1.82, 2.24) is 4.90 Å². The third kappa shape index (κ3) is 4.60. The fraction of sp³-hybridized carbons (Fsp3) is 0.429. The average Bonchev–Trinajstić information content (AvgIpc) is 2.39. The van der Waals surface area contributed by atoms with Crippen LogP contribution in [-0.2, 0) is 11.3 Å². The highest BCUT2D eigenvalue weighted by atomic mass is 16.5. The Kier molecular flexibility index (Phi) is 5.83. The minimum Gasteiger partial charge on any atom is -0.497 e. The fourth-order valence-electron chi connectivity index (χ4n) is 1.77. The number of ketones is 1. The molecule has 0 saturated carbocycles. The highest BCUT2D eigenvalue weighted by Gasteiger charge is 2.10. The van der Waals surface area contributed by atoms with E-state index in [1.54, 1.807) is 20.3 Å².